The minimum Gasteiger partial charge on any atom is -0.469 e. The molecule has 0 radical (unpaired) electrons. The van der Waals surface area contributed by atoms with E-state index in [1.54, 1.807) is 12.2 Å². The number of fused-ring (bicyclic) bond motifs is 2. The number of hydrogen-bond donors (Lipinski definition) is 0. The molecular formula is C11H10O4. The summed E-state index contributed by atoms with van der Waals surface area (Å²) < 4.78 is 9.67. The summed E-state index contributed by atoms with van der Waals surface area (Å²) in [5.41, 5.74) is -1.26. The van der Waals surface area contributed by atoms with Crippen molar-refractivity contribution in [1.29, 1.82) is 0 Å². The fourth-order valence-corrected chi connectivity index (χ4v) is 2.04. The molecule has 2 aliphatic heterocycles. The van der Waals surface area contributed by atoms with Gasteiger partial charge in [-0.15, -0.1) is 6.42 Å². The molecule has 4 nitrogen and oxygen atoms in total. The first-order chi connectivity index (χ1) is 7.14. The average molecular weight is 206 g/mol. The van der Waals surface area contributed by atoms with Crippen molar-refractivity contribution in [1.82, 2.24) is 0 Å². The van der Waals surface area contributed by atoms with Crippen LogP contribution >= 0.6 is 0 Å². The lowest BCUT2D eigenvalue weighted by atomic mass is 9.68. The zero-order valence-electron chi connectivity index (χ0n) is 8.23. The van der Waals surface area contributed by atoms with Crippen molar-refractivity contribution in [3.05, 3.63) is 12.2 Å². The number of rotatable bonds is 1. The molecule has 0 aromatic heterocycles. The Morgan fingerprint density at radius 1 is 1.80 bits per heavy atom. The smallest absolute Gasteiger partial charge is 0.329 e. The van der Waals surface area contributed by atoms with Gasteiger partial charge in [0.25, 0.3) is 0 Å². The van der Waals surface area contributed by atoms with E-state index in [1.807, 2.05) is 0 Å². The quantitative estimate of drug-likeness (QED) is 0.351. The van der Waals surface area contributed by atoms with Gasteiger partial charge in [0, 0.05) is 6.42 Å². The van der Waals surface area contributed by atoms with E-state index in [0.717, 1.165) is 0 Å². The highest BCUT2D eigenvalue weighted by atomic mass is 16.6. The van der Waals surface area contributed by atoms with Crippen molar-refractivity contribution in [3.63, 3.8) is 0 Å². The Morgan fingerprint density at radius 3 is 3.07 bits per heavy atom. The monoisotopic (exact) mass is 206 g/mol. The van der Waals surface area contributed by atoms with Crippen LogP contribution < -0.4 is 0 Å². The fraction of sp³-hybridized carbons (Fsp3) is 0.455. The largest absolute Gasteiger partial charge is 0.469 e. The third-order valence-corrected chi connectivity index (χ3v) is 2.91. The van der Waals surface area contributed by atoms with Gasteiger partial charge >= 0.3 is 11.9 Å². The number of carbonyl (C=O) groups is 2. The molecular weight excluding hydrogens is 196 g/mol. The van der Waals surface area contributed by atoms with Gasteiger partial charge < -0.3 is 9.47 Å². The van der Waals surface area contributed by atoms with Gasteiger partial charge in [-0.05, 0) is 6.08 Å². The second-order valence-corrected chi connectivity index (χ2v) is 3.63. The standard InChI is InChI=1S/C11H10O4/c1-3-11-5-4-7(15-10(11)13)6-8(11)9(12)14-2/h1,4-5,7-8H,6H2,2H3. The molecule has 0 amide bonds. The third kappa shape index (κ3) is 1.16. The van der Waals surface area contributed by atoms with Gasteiger partial charge in [0.05, 0.1) is 13.0 Å². The first-order valence-corrected chi connectivity index (χ1v) is 4.60. The van der Waals surface area contributed by atoms with Crippen molar-refractivity contribution in [2.24, 2.45) is 11.3 Å². The molecule has 3 rings (SSSR count). The molecule has 78 valence electrons. The summed E-state index contributed by atoms with van der Waals surface area (Å²) in [4.78, 5) is 23.1. The Labute approximate surface area is 87.2 Å². The zero-order chi connectivity index (χ0) is 11.1. The van der Waals surface area contributed by atoms with Gasteiger partial charge in [-0.2, -0.15) is 0 Å². The number of hydrogen-bond acceptors (Lipinski definition) is 4. The molecule has 2 heterocycles. The maximum Gasteiger partial charge on any atom is 0.329 e. The van der Waals surface area contributed by atoms with Crippen molar-refractivity contribution in [3.8, 4) is 12.3 Å². The van der Waals surface area contributed by atoms with Crippen LogP contribution in [0.3, 0.4) is 0 Å². The molecule has 3 atom stereocenters. The van der Waals surface area contributed by atoms with E-state index in [0.29, 0.717) is 6.42 Å². The van der Waals surface area contributed by atoms with Gasteiger partial charge in [0.2, 0.25) is 0 Å². The molecule has 3 aliphatic rings. The van der Waals surface area contributed by atoms with Crippen LogP contribution in [-0.2, 0) is 19.1 Å². The molecule has 0 N–H and O–H groups in total. The summed E-state index contributed by atoms with van der Waals surface area (Å²) in [6, 6.07) is 0. The normalized spacial score (nSPS) is 36.9. The molecule has 0 spiro atoms. The Balaban J connectivity index is 2.45. The van der Waals surface area contributed by atoms with Crippen LogP contribution in [0.2, 0.25) is 0 Å². The molecule has 3 unspecified atom stereocenters. The highest BCUT2D eigenvalue weighted by Crippen LogP contribution is 2.44. The van der Waals surface area contributed by atoms with Crippen molar-refractivity contribution in [2.75, 3.05) is 7.11 Å². The summed E-state index contributed by atoms with van der Waals surface area (Å²) in [5, 5.41) is 0. The molecule has 1 aliphatic carbocycles. The van der Waals surface area contributed by atoms with Crippen LogP contribution in [0.4, 0.5) is 0 Å². The Morgan fingerprint density at radius 2 is 2.53 bits per heavy atom. The second-order valence-electron chi connectivity index (χ2n) is 3.63. The highest BCUT2D eigenvalue weighted by molar-refractivity contribution is 5.92. The van der Waals surface area contributed by atoms with Crippen LogP contribution in [0, 0.1) is 23.7 Å². The summed E-state index contributed by atoms with van der Waals surface area (Å²) in [7, 11) is 1.28. The topological polar surface area (TPSA) is 52.6 Å². The molecule has 1 saturated heterocycles. The number of terminal acetylenes is 1. The van der Waals surface area contributed by atoms with Gasteiger partial charge in [0.15, 0.2) is 5.41 Å². The van der Waals surface area contributed by atoms with Gasteiger partial charge in [-0.1, -0.05) is 12.0 Å². The first kappa shape index (κ1) is 9.78. The van der Waals surface area contributed by atoms with Crippen molar-refractivity contribution in [2.45, 2.75) is 12.5 Å². The zero-order valence-corrected chi connectivity index (χ0v) is 8.23. The lowest BCUT2D eigenvalue weighted by Crippen LogP contribution is -2.51. The fourth-order valence-electron chi connectivity index (χ4n) is 2.04. The van der Waals surface area contributed by atoms with Crippen molar-refractivity contribution < 1.29 is 19.1 Å². The lowest BCUT2D eigenvalue weighted by Gasteiger charge is -2.41. The Kier molecular flexibility index (Phi) is 2.04. The van der Waals surface area contributed by atoms with E-state index < -0.39 is 23.3 Å². The molecule has 2 bridgehead atoms. The molecule has 15 heavy (non-hydrogen) atoms. The van der Waals surface area contributed by atoms with E-state index in [4.69, 9.17) is 11.2 Å². The minimum atomic E-state index is -1.26. The van der Waals surface area contributed by atoms with Gasteiger partial charge in [-0.25, -0.2) is 0 Å². The molecule has 1 fully saturated rings. The summed E-state index contributed by atoms with van der Waals surface area (Å²) in [6.45, 7) is 0. The molecule has 0 aromatic rings. The van der Waals surface area contributed by atoms with Crippen LogP contribution in [0.5, 0.6) is 0 Å². The van der Waals surface area contributed by atoms with E-state index >= 15 is 0 Å². The average Bonchev–Trinajstić information content (AvgIpc) is 2.28. The van der Waals surface area contributed by atoms with Gasteiger partial charge in [-0.3, -0.25) is 9.59 Å². The van der Waals surface area contributed by atoms with Crippen LogP contribution in [0.1, 0.15) is 6.42 Å². The summed E-state index contributed by atoms with van der Waals surface area (Å²) in [6.07, 6.45) is 8.69. The number of esters is 2. The third-order valence-electron chi connectivity index (χ3n) is 2.91. The maximum atomic E-state index is 11.6. The van der Waals surface area contributed by atoms with Crippen LogP contribution in [0.25, 0.3) is 0 Å². The maximum absolute atomic E-state index is 11.6. The van der Waals surface area contributed by atoms with E-state index in [1.165, 1.54) is 7.11 Å². The Hall–Kier alpha value is -1.76. The number of methoxy groups -OCH3 is 1. The lowest BCUT2D eigenvalue weighted by molar-refractivity contribution is -0.175. The number of carbonyl (C=O) groups excluding carboxylic acids is 2. The van der Waals surface area contributed by atoms with E-state index in [2.05, 4.69) is 10.7 Å². The summed E-state index contributed by atoms with van der Waals surface area (Å²) >= 11 is 0. The SMILES string of the molecule is C#CC12C=CC(CC1C(=O)OC)OC2=O. The minimum absolute atomic E-state index is 0.350. The predicted octanol–water partition coefficient (Wildman–Crippen LogP) is 0.280. The van der Waals surface area contributed by atoms with Gasteiger partial charge in [0.1, 0.15) is 6.10 Å². The first-order valence-electron chi connectivity index (χ1n) is 4.60. The van der Waals surface area contributed by atoms with Crippen LogP contribution in [0.15, 0.2) is 12.2 Å². The Bertz CT molecular complexity index is 390. The summed E-state index contributed by atoms with van der Waals surface area (Å²) in [5.74, 6) is 0.749. The molecule has 0 saturated carbocycles. The molecule has 0 aromatic carbocycles. The highest BCUT2D eigenvalue weighted by Gasteiger charge is 2.55. The van der Waals surface area contributed by atoms with Crippen molar-refractivity contribution >= 4 is 11.9 Å². The number of ether oxygens (including phenoxy) is 2. The predicted molar refractivity (Wildman–Crippen MR) is 50.4 cm³/mol. The van der Waals surface area contributed by atoms with E-state index in [-0.39, 0.29) is 6.10 Å². The van der Waals surface area contributed by atoms with E-state index in [9.17, 15) is 9.59 Å². The molecule has 4 heteroatoms. The second kappa shape index (κ2) is 3.13. The van der Waals surface area contributed by atoms with Crippen LogP contribution in [-0.4, -0.2) is 25.2 Å².